The fourth-order valence-corrected chi connectivity index (χ4v) is 5.25. The number of carbonyl (C=O) groups excluding carboxylic acids is 2. The summed E-state index contributed by atoms with van der Waals surface area (Å²) in [5.41, 5.74) is 1.67. The minimum absolute atomic E-state index is 0.0430. The summed E-state index contributed by atoms with van der Waals surface area (Å²) < 4.78 is 5.22. The van der Waals surface area contributed by atoms with Gasteiger partial charge in [0.05, 0.1) is 18.7 Å². The van der Waals surface area contributed by atoms with Gasteiger partial charge in [0.2, 0.25) is 5.91 Å². The Morgan fingerprint density at radius 3 is 2.68 bits per heavy atom. The van der Waals surface area contributed by atoms with Gasteiger partial charge in [0.1, 0.15) is 5.00 Å². The van der Waals surface area contributed by atoms with Crippen LogP contribution in [-0.4, -0.2) is 43.0 Å². The van der Waals surface area contributed by atoms with E-state index in [1.807, 2.05) is 14.0 Å². The lowest BCUT2D eigenvalue weighted by molar-refractivity contribution is -0.117. The number of likely N-dealkylation sites (N-methyl/N-ethyl adjacent to an activating group) is 1. The molecular weight excluding hydrogens is 336 g/mol. The van der Waals surface area contributed by atoms with Crippen LogP contribution in [0.2, 0.25) is 0 Å². The summed E-state index contributed by atoms with van der Waals surface area (Å²) in [5.74, 6) is -0.351. The van der Waals surface area contributed by atoms with Crippen LogP contribution >= 0.6 is 11.3 Å². The van der Waals surface area contributed by atoms with Gasteiger partial charge in [-0.2, -0.15) is 0 Å². The molecule has 1 heterocycles. The summed E-state index contributed by atoms with van der Waals surface area (Å²) >= 11 is 1.54. The van der Waals surface area contributed by atoms with Crippen molar-refractivity contribution in [1.82, 2.24) is 4.90 Å². The zero-order chi connectivity index (χ0) is 17.8. The topological polar surface area (TPSA) is 58.6 Å². The second kappa shape index (κ2) is 8.32. The largest absolute Gasteiger partial charge is 0.462 e. The molecule has 3 rings (SSSR count). The number of hydrogen-bond donors (Lipinski definition) is 1. The van der Waals surface area contributed by atoms with Crippen LogP contribution < -0.4 is 5.32 Å². The standard InChI is InChI=1S/C19H28N2O3S/c1-3-24-19(23)17-14-10-7-11-15(14)25-18(17)20-16(22)12-21(2)13-8-5-4-6-9-13/h13H,3-12H2,1-2H3,(H,20,22). The molecular formula is C19H28N2O3S. The van der Waals surface area contributed by atoms with Gasteiger partial charge in [0, 0.05) is 10.9 Å². The van der Waals surface area contributed by atoms with E-state index in [1.54, 1.807) is 11.3 Å². The van der Waals surface area contributed by atoms with Crippen LogP contribution in [0.5, 0.6) is 0 Å². The molecule has 1 amide bonds. The van der Waals surface area contributed by atoms with Crippen LogP contribution in [0.4, 0.5) is 5.00 Å². The highest BCUT2D eigenvalue weighted by atomic mass is 32.1. The Morgan fingerprint density at radius 1 is 1.20 bits per heavy atom. The number of esters is 1. The average Bonchev–Trinajstić information content (AvgIpc) is 3.16. The molecule has 0 spiro atoms. The molecule has 2 aliphatic rings. The van der Waals surface area contributed by atoms with E-state index in [1.165, 1.54) is 37.0 Å². The number of ether oxygens (including phenoxy) is 1. The van der Waals surface area contributed by atoms with Crippen LogP contribution in [0.15, 0.2) is 0 Å². The Morgan fingerprint density at radius 2 is 1.96 bits per heavy atom. The van der Waals surface area contributed by atoms with Gasteiger partial charge in [0.15, 0.2) is 0 Å². The lowest BCUT2D eigenvalue weighted by Crippen LogP contribution is -2.39. The predicted octanol–water partition coefficient (Wildman–Crippen LogP) is 3.62. The quantitative estimate of drug-likeness (QED) is 0.783. The first-order chi connectivity index (χ1) is 12.1. The van der Waals surface area contributed by atoms with Gasteiger partial charge in [-0.15, -0.1) is 11.3 Å². The predicted molar refractivity (Wildman–Crippen MR) is 100 cm³/mol. The van der Waals surface area contributed by atoms with E-state index in [9.17, 15) is 9.59 Å². The molecule has 25 heavy (non-hydrogen) atoms. The van der Waals surface area contributed by atoms with Gasteiger partial charge in [-0.05, 0) is 51.6 Å². The maximum absolute atomic E-state index is 12.5. The number of anilines is 1. The SMILES string of the molecule is CCOC(=O)c1c(NC(=O)CN(C)C2CCCCC2)sc2c1CCC2. The Labute approximate surface area is 153 Å². The Bertz CT molecular complexity index is 635. The second-order valence-electron chi connectivity index (χ2n) is 7.04. The van der Waals surface area contributed by atoms with Crippen LogP contribution in [0.3, 0.4) is 0 Å². The van der Waals surface area contributed by atoms with Crippen molar-refractivity contribution in [3.05, 3.63) is 16.0 Å². The van der Waals surface area contributed by atoms with Crippen LogP contribution in [-0.2, 0) is 22.4 Å². The van der Waals surface area contributed by atoms with Crippen molar-refractivity contribution in [2.45, 2.75) is 64.3 Å². The number of hydrogen-bond acceptors (Lipinski definition) is 5. The third-order valence-electron chi connectivity index (χ3n) is 5.24. The first-order valence-electron chi connectivity index (χ1n) is 9.42. The smallest absolute Gasteiger partial charge is 0.341 e. The lowest BCUT2D eigenvalue weighted by atomic mass is 9.94. The summed E-state index contributed by atoms with van der Waals surface area (Å²) in [4.78, 5) is 28.3. The fourth-order valence-electron chi connectivity index (χ4n) is 3.96. The molecule has 0 saturated heterocycles. The number of fused-ring (bicyclic) bond motifs is 1. The Kier molecular flexibility index (Phi) is 6.12. The van der Waals surface area contributed by atoms with Gasteiger partial charge in [0.25, 0.3) is 0 Å². The number of nitrogens with one attached hydrogen (secondary N) is 1. The number of nitrogens with zero attached hydrogens (tertiary/aromatic N) is 1. The monoisotopic (exact) mass is 364 g/mol. The minimum Gasteiger partial charge on any atom is -0.462 e. The Balaban J connectivity index is 1.67. The normalized spacial score (nSPS) is 17.6. The van der Waals surface area contributed by atoms with Gasteiger partial charge in [-0.25, -0.2) is 4.79 Å². The number of amides is 1. The molecule has 5 nitrogen and oxygen atoms in total. The van der Waals surface area contributed by atoms with Crippen molar-refractivity contribution in [3.8, 4) is 0 Å². The molecule has 1 fully saturated rings. The molecule has 0 aliphatic heterocycles. The molecule has 0 unspecified atom stereocenters. The molecule has 1 N–H and O–H groups in total. The molecule has 2 aliphatic carbocycles. The third-order valence-corrected chi connectivity index (χ3v) is 6.45. The Hall–Kier alpha value is -1.40. The molecule has 0 atom stereocenters. The molecule has 0 bridgehead atoms. The minimum atomic E-state index is -0.308. The highest BCUT2D eigenvalue weighted by molar-refractivity contribution is 7.17. The van der Waals surface area contributed by atoms with Crippen molar-refractivity contribution in [1.29, 1.82) is 0 Å². The number of aryl methyl sites for hydroxylation is 1. The van der Waals surface area contributed by atoms with Crippen LogP contribution in [0.25, 0.3) is 0 Å². The van der Waals surface area contributed by atoms with E-state index < -0.39 is 0 Å². The van der Waals surface area contributed by atoms with E-state index in [2.05, 4.69) is 10.2 Å². The van der Waals surface area contributed by atoms with Crippen LogP contribution in [0.1, 0.15) is 66.2 Å². The maximum Gasteiger partial charge on any atom is 0.341 e. The van der Waals surface area contributed by atoms with Crippen molar-refractivity contribution in [3.63, 3.8) is 0 Å². The van der Waals surface area contributed by atoms with Crippen molar-refractivity contribution in [2.75, 3.05) is 25.5 Å². The third kappa shape index (κ3) is 4.23. The van der Waals surface area contributed by atoms with Gasteiger partial charge >= 0.3 is 5.97 Å². The van der Waals surface area contributed by atoms with Gasteiger partial charge in [-0.1, -0.05) is 19.3 Å². The molecule has 138 valence electrons. The van der Waals surface area contributed by atoms with E-state index >= 15 is 0 Å². The van der Waals surface area contributed by atoms with Crippen molar-refractivity contribution >= 4 is 28.2 Å². The summed E-state index contributed by atoms with van der Waals surface area (Å²) in [6, 6.07) is 0.498. The van der Waals surface area contributed by atoms with Gasteiger partial charge < -0.3 is 10.1 Å². The summed E-state index contributed by atoms with van der Waals surface area (Å²) in [6.07, 6.45) is 9.12. The fraction of sp³-hybridized carbons (Fsp3) is 0.684. The zero-order valence-electron chi connectivity index (χ0n) is 15.2. The molecule has 6 heteroatoms. The molecule has 1 saturated carbocycles. The zero-order valence-corrected chi connectivity index (χ0v) is 16.0. The van der Waals surface area contributed by atoms with Crippen molar-refractivity contribution in [2.24, 2.45) is 0 Å². The molecule has 0 radical (unpaired) electrons. The highest BCUT2D eigenvalue weighted by Crippen LogP contribution is 2.39. The number of rotatable bonds is 6. The van der Waals surface area contributed by atoms with E-state index in [4.69, 9.17) is 4.74 Å². The first-order valence-corrected chi connectivity index (χ1v) is 10.2. The first kappa shape index (κ1) is 18.4. The number of carbonyl (C=O) groups is 2. The van der Waals surface area contributed by atoms with E-state index in [-0.39, 0.29) is 11.9 Å². The summed E-state index contributed by atoms with van der Waals surface area (Å²) in [5, 5.41) is 3.66. The summed E-state index contributed by atoms with van der Waals surface area (Å²) in [6.45, 7) is 2.53. The highest BCUT2D eigenvalue weighted by Gasteiger charge is 2.28. The van der Waals surface area contributed by atoms with Crippen LogP contribution in [0, 0.1) is 0 Å². The van der Waals surface area contributed by atoms with E-state index in [0.717, 1.165) is 24.8 Å². The van der Waals surface area contributed by atoms with Crippen molar-refractivity contribution < 1.29 is 14.3 Å². The number of thiophene rings is 1. The average molecular weight is 365 g/mol. The lowest BCUT2D eigenvalue weighted by Gasteiger charge is -2.30. The molecule has 1 aromatic heterocycles. The molecule has 0 aromatic carbocycles. The van der Waals surface area contributed by atoms with Gasteiger partial charge in [-0.3, -0.25) is 9.69 Å². The molecule has 1 aromatic rings. The second-order valence-corrected chi connectivity index (χ2v) is 8.14. The summed E-state index contributed by atoms with van der Waals surface area (Å²) in [7, 11) is 2.02. The van der Waals surface area contributed by atoms with E-state index in [0.29, 0.717) is 29.8 Å². The maximum atomic E-state index is 12.5.